The van der Waals surface area contributed by atoms with Crippen molar-refractivity contribution >= 4 is 23.3 Å². The molecule has 2 unspecified atom stereocenters. The largest absolute Gasteiger partial charge is 0.494 e. The molecule has 158 valence electrons. The molecule has 0 saturated carbocycles. The highest BCUT2D eigenvalue weighted by atomic mass is 35.5. The summed E-state index contributed by atoms with van der Waals surface area (Å²) in [6.07, 6.45) is 1.20. The first-order valence-corrected chi connectivity index (χ1v) is 10.9. The van der Waals surface area contributed by atoms with Crippen molar-refractivity contribution in [2.45, 2.75) is 38.5 Å². The smallest absolute Gasteiger partial charge is 0.233 e. The number of fused-ring (bicyclic) bond motifs is 1. The number of benzene rings is 2. The molecule has 3 aromatic rings. The van der Waals surface area contributed by atoms with Gasteiger partial charge in [0.1, 0.15) is 5.75 Å². The molecule has 5 rings (SSSR count). The van der Waals surface area contributed by atoms with Crippen LogP contribution in [-0.2, 0) is 4.79 Å². The Balaban J connectivity index is 1.57. The summed E-state index contributed by atoms with van der Waals surface area (Å²) in [4.78, 5) is 13.5. The summed E-state index contributed by atoms with van der Waals surface area (Å²) in [5.41, 5.74) is 5.60. The van der Waals surface area contributed by atoms with Crippen LogP contribution in [0.2, 0.25) is 5.02 Å². The summed E-state index contributed by atoms with van der Waals surface area (Å²) in [6, 6.07) is 15.7. The summed E-state index contributed by atoms with van der Waals surface area (Å²) in [5.74, 6) is 1.49. The fourth-order valence-corrected chi connectivity index (χ4v) is 4.83. The lowest BCUT2D eigenvalue weighted by Crippen LogP contribution is -2.29. The number of hydrogen-bond donors (Lipinski definition) is 1. The third kappa shape index (κ3) is 3.53. The number of carbonyl (C=O) groups is 1. The van der Waals surface area contributed by atoms with Gasteiger partial charge < -0.3 is 14.6 Å². The number of nitrogens with one attached hydrogen (secondary N) is 1. The highest BCUT2D eigenvalue weighted by Gasteiger charge is 2.41. The van der Waals surface area contributed by atoms with Crippen LogP contribution < -0.4 is 10.1 Å². The SMILES string of the molecule is CCOc1ccc(C2C3=C(CC(c4ccc(Cl)cc4)CC3=O)Nc3onc(C)c32)cc1. The lowest BCUT2D eigenvalue weighted by Gasteiger charge is -2.34. The molecular weight excluding hydrogens is 412 g/mol. The maximum absolute atomic E-state index is 13.5. The molecule has 1 aliphatic heterocycles. The van der Waals surface area contributed by atoms with Crippen LogP contribution in [0.15, 0.2) is 64.3 Å². The zero-order valence-electron chi connectivity index (χ0n) is 17.4. The quantitative estimate of drug-likeness (QED) is 0.546. The molecule has 0 saturated heterocycles. The van der Waals surface area contributed by atoms with Gasteiger partial charge in [0.25, 0.3) is 0 Å². The Hall–Kier alpha value is -3.05. The molecule has 2 aromatic carbocycles. The van der Waals surface area contributed by atoms with Gasteiger partial charge in [0, 0.05) is 28.6 Å². The summed E-state index contributed by atoms with van der Waals surface area (Å²) in [5, 5.41) is 8.24. The van der Waals surface area contributed by atoms with Gasteiger partial charge in [-0.1, -0.05) is 41.0 Å². The van der Waals surface area contributed by atoms with E-state index >= 15 is 0 Å². The van der Waals surface area contributed by atoms with Crippen LogP contribution in [0.5, 0.6) is 5.75 Å². The van der Waals surface area contributed by atoms with Gasteiger partial charge in [-0.05, 0) is 61.6 Å². The van der Waals surface area contributed by atoms with E-state index in [0.717, 1.165) is 45.8 Å². The number of ketones is 1. The van der Waals surface area contributed by atoms with Crippen LogP contribution in [0, 0.1) is 6.92 Å². The number of allylic oxidation sites excluding steroid dienone is 2. The fraction of sp³-hybridized carbons (Fsp3) is 0.280. The van der Waals surface area contributed by atoms with E-state index in [9.17, 15) is 4.79 Å². The molecule has 5 nitrogen and oxygen atoms in total. The summed E-state index contributed by atoms with van der Waals surface area (Å²) >= 11 is 6.05. The number of anilines is 1. The van der Waals surface area contributed by atoms with E-state index in [4.69, 9.17) is 20.9 Å². The van der Waals surface area contributed by atoms with E-state index in [1.165, 1.54) is 0 Å². The van der Waals surface area contributed by atoms with E-state index in [-0.39, 0.29) is 17.6 Å². The Morgan fingerprint density at radius 3 is 2.52 bits per heavy atom. The van der Waals surface area contributed by atoms with E-state index in [1.807, 2.05) is 62.4 Å². The Morgan fingerprint density at radius 1 is 1.10 bits per heavy atom. The number of hydrogen-bond acceptors (Lipinski definition) is 5. The second kappa shape index (κ2) is 7.89. The van der Waals surface area contributed by atoms with E-state index in [2.05, 4.69) is 10.5 Å². The number of aryl methyl sites for hydroxylation is 1. The number of Topliss-reactive ketones (excluding diaryl/α,β-unsaturated/α-hetero) is 1. The molecule has 1 N–H and O–H groups in total. The predicted molar refractivity (Wildman–Crippen MR) is 120 cm³/mol. The summed E-state index contributed by atoms with van der Waals surface area (Å²) in [7, 11) is 0. The molecule has 0 spiro atoms. The van der Waals surface area contributed by atoms with Crippen molar-refractivity contribution in [2.24, 2.45) is 0 Å². The number of ether oxygens (including phenoxy) is 1. The van der Waals surface area contributed by atoms with E-state index in [1.54, 1.807) is 0 Å². The van der Waals surface area contributed by atoms with Gasteiger partial charge in [0.2, 0.25) is 5.88 Å². The van der Waals surface area contributed by atoms with Crippen molar-refractivity contribution < 1.29 is 14.1 Å². The second-order valence-electron chi connectivity index (χ2n) is 8.04. The van der Waals surface area contributed by atoms with Gasteiger partial charge in [-0.15, -0.1) is 0 Å². The van der Waals surface area contributed by atoms with Crippen LogP contribution >= 0.6 is 11.6 Å². The minimum Gasteiger partial charge on any atom is -0.494 e. The first-order chi connectivity index (χ1) is 15.0. The first kappa shape index (κ1) is 19.9. The highest BCUT2D eigenvalue weighted by Crippen LogP contribution is 2.49. The number of halogens is 1. The Morgan fingerprint density at radius 2 is 1.81 bits per heavy atom. The summed E-state index contributed by atoms with van der Waals surface area (Å²) in [6.45, 7) is 4.49. The fourth-order valence-electron chi connectivity index (χ4n) is 4.70. The maximum Gasteiger partial charge on any atom is 0.233 e. The monoisotopic (exact) mass is 434 g/mol. The Labute approximate surface area is 186 Å². The second-order valence-corrected chi connectivity index (χ2v) is 8.48. The van der Waals surface area contributed by atoms with Crippen LogP contribution in [0.4, 0.5) is 5.88 Å². The normalized spacial score (nSPS) is 20.2. The van der Waals surface area contributed by atoms with Gasteiger partial charge in [0.15, 0.2) is 5.78 Å². The highest BCUT2D eigenvalue weighted by molar-refractivity contribution is 6.30. The number of carbonyl (C=O) groups excluding carboxylic acids is 1. The lowest BCUT2D eigenvalue weighted by molar-refractivity contribution is -0.116. The first-order valence-electron chi connectivity index (χ1n) is 10.5. The zero-order valence-corrected chi connectivity index (χ0v) is 18.2. The average molecular weight is 435 g/mol. The zero-order chi connectivity index (χ0) is 21.5. The molecule has 0 fully saturated rings. The van der Waals surface area contributed by atoms with Crippen molar-refractivity contribution in [1.82, 2.24) is 5.16 Å². The van der Waals surface area contributed by atoms with Crippen molar-refractivity contribution in [3.8, 4) is 5.75 Å². The van der Waals surface area contributed by atoms with Gasteiger partial charge in [0.05, 0.1) is 17.9 Å². The van der Waals surface area contributed by atoms with Crippen molar-refractivity contribution in [1.29, 1.82) is 0 Å². The van der Waals surface area contributed by atoms with E-state index in [0.29, 0.717) is 23.9 Å². The van der Waals surface area contributed by atoms with Crippen molar-refractivity contribution in [2.75, 3.05) is 11.9 Å². The predicted octanol–water partition coefficient (Wildman–Crippen LogP) is 5.99. The van der Waals surface area contributed by atoms with Gasteiger partial charge in [-0.25, -0.2) is 0 Å². The molecule has 2 aliphatic rings. The third-order valence-electron chi connectivity index (χ3n) is 6.12. The molecule has 0 bridgehead atoms. The molecular formula is C25H23ClN2O3. The third-order valence-corrected chi connectivity index (χ3v) is 6.38. The van der Waals surface area contributed by atoms with Gasteiger partial charge >= 0.3 is 0 Å². The number of aromatic nitrogens is 1. The molecule has 6 heteroatoms. The standard InChI is InChI=1S/C25H23ClN2O3/c1-3-30-19-10-6-16(7-11-19)23-22-14(2)28-31-25(22)27-20-12-17(13-21(29)24(20)23)15-4-8-18(26)9-5-15/h4-11,17,23,27H,3,12-13H2,1-2H3. The molecule has 1 aliphatic carbocycles. The molecule has 1 aromatic heterocycles. The molecule has 0 radical (unpaired) electrons. The summed E-state index contributed by atoms with van der Waals surface area (Å²) < 4.78 is 11.2. The van der Waals surface area contributed by atoms with Crippen LogP contribution in [0.1, 0.15) is 54.0 Å². The molecule has 2 atom stereocenters. The minimum atomic E-state index is -0.202. The molecule has 0 amide bonds. The molecule has 31 heavy (non-hydrogen) atoms. The Bertz CT molecular complexity index is 1160. The van der Waals surface area contributed by atoms with Crippen LogP contribution in [0.3, 0.4) is 0 Å². The van der Waals surface area contributed by atoms with Crippen LogP contribution in [0.25, 0.3) is 0 Å². The number of rotatable bonds is 4. The van der Waals surface area contributed by atoms with E-state index < -0.39 is 0 Å². The average Bonchev–Trinajstić information content (AvgIpc) is 3.14. The van der Waals surface area contributed by atoms with Crippen LogP contribution in [-0.4, -0.2) is 17.5 Å². The van der Waals surface area contributed by atoms with Crippen molar-refractivity contribution in [3.05, 3.63) is 87.2 Å². The van der Waals surface area contributed by atoms with Gasteiger partial charge in [-0.3, -0.25) is 4.79 Å². The Kier molecular flexibility index (Phi) is 5.06. The topological polar surface area (TPSA) is 64.4 Å². The molecule has 2 heterocycles. The number of nitrogens with zero attached hydrogens (tertiary/aromatic N) is 1. The van der Waals surface area contributed by atoms with Gasteiger partial charge in [-0.2, -0.15) is 0 Å². The minimum absolute atomic E-state index is 0.0996. The lowest BCUT2D eigenvalue weighted by atomic mass is 9.72. The van der Waals surface area contributed by atoms with Crippen molar-refractivity contribution in [3.63, 3.8) is 0 Å². The maximum atomic E-state index is 13.5.